The van der Waals surface area contributed by atoms with Crippen molar-refractivity contribution >= 4 is 22.3 Å². The summed E-state index contributed by atoms with van der Waals surface area (Å²) < 4.78 is 0. The number of pyridine rings is 1. The summed E-state index contributed by atoms with van der Waals surface area (Å²) in [5.41, 5.74) is 9.44. The molecule has 0 spiro atoms. The van der Waals surface area contributed by atoms with Crippen LogP contribution in [0.3, 0.4) is 0 Å². The van der Waals surface area contributed by atoms with Crippen LogP contribution in [0.5, 0.6) is 0 Å². The van der Waals surface area contributed by atoms with Crippen LogP contribution < -0.4 is 10.6 Å². The van der Waals surface area contributed by atoms with Crippen molar-refractivity contribution in [2.45, 2.75) is 25.3 Å². The van der Waals surface area contributed by atoms with Gasteiger partial charge >= 0.3 is 0 Å². The van der Waals surface area contributed by atoms with Crippen molar-refractivity contribution in [2.24, 2.45) is 0 Å². The molecule has 1 aromatic carbocycles. The number of aromatic nitrogens is 1. The number of nitrogens with two attached hydrogens (primary N) is 1. The number of fused-ring (bicyclic) bond motifs is 1. The smallest absolute Gasteiger partial charge is 0.0724 e. The zero-order valence-electron chi connectivity index (χ0n) is 12.3. The molecule has 0 aliphatic carbocycles. The maximum absolute atomic E-state index is 6.40. The minimum Gasteiger partial charge on any atom is -0.396 e. The van der Waals surface area contributed by atoms with E-state index in [0.717, 1.165) is 29.7 Å². The van der Waals surface area contributed by atoms with Gasteiger partial charge in [-0.1, -0.05) is 0 Å². The zero-order valence-corrected chi connectivity index (χ0v) is 12.3. The molecule has 2 fully saturated rings. The average molecular weight is 282 g/mol. The lowest BCUT2D eigenvalue weighted by molar-refractivity contribution is 0.260. The normalized spacial score (nSPS) is 23.2. The Balaban J connectivity index is 1.60. The van der Waals surface area contributed by atoms with Gasteiger partial charge in [-0.15, -0.1) is 0 Å². The van der Waals surface area contributed by atoms with E-state index in [-0.39, 0.29) is 0 Å². The van der Waals surface area contributed by atoms with E-state index in [0.29, 0.717) is 6.04 Å². The first-order valence-corrected chi connectivity index (χ1v) is 7.95. The van der Waals surface area contributed by atoms with Gasteiger partial charge in [0.05, 0.1) is 16.9 Å². The molecule has 1 atom stereocenters. The summed E-state index contributed by atoms with van der Waals surface area (Å²) in [5.74, 6) is 0. The van der Waals surface area contributed by atoms with Crippen LogP contribution in [0.25, 0.3) is 10.9 Å². The largest absolute Gasteiger partial charge is 0.396 e. The van der Waals surface area contributed by atoms with E-state index in [4.69, 9.17) is 5.73 Å². The number of benzene rings is 1. The molecule has 4 heteroatoms. The van der Waals surface area contributed by atoms with Crippen molar-refractivity contribution < 1.29 is 0 Å². The summed E-state index contributed by atoms with van der Waals surface area (Å²) in [6.07, 6.45) is 5.80. The van der Waals surface area contributed by atoms with Gasteiger partial charge in [-0.2, -0.15) is 0 Å². The van der Waals surface area contributed by atoms with Gasteiger partial charge in [0.1, 0.15) is 0 Å². The molecule has 2 N–H and O–H groups in total. The fourth-order valence-corrected chi connectivity index (χ4v) is 3.80. The highest BCUT2D eigenvalue weighted by atomic mass is 15.3. The molecule has 21 heavy (non-hydrogen) atoms. The predicted molar refractivity (Wildman–Crippen MR) is 87.6 cm³/mol. The number of likely N-dealkylation sites (tertiary alicyclic amines) is 1. The Bertz CT molecular complexity index is 648. The summed E-state index contributed by atoms with van der Waals surface area (Å²) in [7, 11) is 0. The van der Waals surface area contributed by atoms with Crippen LogP contribution in [0.2, 0.25) is 0 Å². The monoisotopic (exact) mass is 282 g/mol. The van der Waals surface area contributed by atoms with Gasteiger partial charge in [0.25, 0.3) is 0 Å². The van der Waals surface area contributed by atoms with E-state index in [1.54, 1.807) is 0 Å². The Morgan fingerprint density at radius 2 is 1.95 bits per heavy atom. The standard InChI is InChI=1S/C17H22N4/c18-17-14-4-3-8-19-15(14)5-6-16(17)21-11-7-13(12-21)20-9-1-2-10-20/h3-6,8,13H,1-2,7,9-12,18H2. The molecule has 2 saturated heterocycles. The van der Waals surface area contributed by atoms with E-state index >= 15 is 0 Å². The number of nitrogen functional groups attached to an aromatic ring is 1. The average Bonchev–Trinajstić information content (AvgIpc) is 3.19. The first kappa shape index (κ1) is 12.9. The lowest BCUT2D eigenvalue weighted by Crippen LogP contribution is -2.35. The van der Waals surface area contributed by atoms with Gasteiger partial charge < -0.3 is 10.6 Å². The SMILES string of the molecule is Nc1c(N2CCC(N3CCCC3)C2)ccc2ncccc12. The quantitative estimate of drug-likeness (QED) is 0.860. The van der Waals surface area contributed by atoms with E-state index < -0.39 is 0 Å². The molecule has 0 saturated carbocycles. The summed E-state index contributed by atoms with van der Waals surface area (Å²) in [6.45, 7) is 4.76. The fourth-order valence-electron chi connectivity index (χ4n) is 3.80. The molecule has 2 aromatic rings. The molecular formula is C17H22N4. The lowest BCUT2D eigenvalue weighted by atomic mass is 10.1. The van der Waals surface area contributed by atoms with Crippen molar-refractivity contribution in [3.8, 4) is 0 Å². The molecule has 4 rings (SSSR count). The molecule has 3 heterocycles. The van der Waals surface area contributed by atoms with Gasteiger partial charge in [-0.3, -0.25) is 9.88 Å². The second kappa shape index (κ2) is 5.19. The first-order valence-electron chi connectivity index (χ1n) is 7.95. The van der Waals surface area contributed by atoms with Crippen LogP contribution in [0, 0.1) is 0 Å². The number of nitrogens with zero attached hydrogens (tertiary/aromatic N) is 3. The minimum absolute atomic E-state index is 0.705. The zero-order chi connectivity index (χ0) is 14.2. The topological polar surface area (TPSA) is 45.4 Å². The highest BCUT2D eigenvalue weighted by Gasteiger charge is 2.30. The lowest BCUT2D eigenvalue weighted by Gasteiger charge is -2.25. The van der Waals surface area contributed by atoms with Crippen LogP contribution in [0.4, 0.5) is 11.4 Å². The summed E-state index contributed by atoms with van der Waals surface area (Å²) in [6, 6.07) is 8.95. The van der Waals surface area contributed by atoms with Crippen molar-refractivity contribution in [3.63, 3.8) is 0 Å². The summed E-state index contributed by atoms with van der Waals surface area (Å²) in [4.78, 5) is 9.48. The number of hydrogen-bond donors (Lipinski definition) is 1. The molecule has 4 nitrogen and oxygen atoms in total. The van der Waals surface area contributed by atoms with Gasteiger partial charge in [-0.05, 0) is 56.6 Å². The minimum atomic E-state index is 0.705. The molecule has 2 aliphatic heterocycles. The van der Waals surface area contributed by atoms with Gasteiger partial charge in [-0.25, -0.2) is 0 Å². The fraction of sp³-hybridized carbons (Fsp3) is 0.471. The van der Waals surface area contributed by atoms with E-state index in [2.05, 4.69) is 33.0 Å². The molecular weight excluding hydrogens is 260 g/mol. The third kappa shape index (κ3) is 2.23. The number of anilines is 2. The molecule has 2 aliphatic rings. The molecule has 0 radical (unpaired) electrons. The number of hydrogen-bond acceptors (Lipinski definition) is 4. The predicted octanol–water partition coefficient (Wildman–Crippen LogP) is 2.49. The first-order chi connectivity index (χ1) is 10.3. The maximum Gasteiger partial charge on any atom is 0.0724 e. The van der Waals surface area contributed by atoms with Crippen LogP contribution in [-0.4, -0.2) is 42.1 Å². The van der Waals surface area contributed by atoms with Crippen molar-refractivity contribution in [1.29, 1.82) is 0 Å². The third-order valence-electron chi connectivity index (χ3n) is 4.96. The van der Waals surface area contributed by atoms with Crippen LogP contribution in [-0.2, 0) is 0 Å². The summed E-state index contributed by atoms with van der Waals surface area (Å²) >= 11 is 0. The maximum atomic E-state index is 6.40. The Morgan fingerprint density at radius 3 is 2.81 bits per heavy atom. The van der Waals surface area contributed by atoms with Crippen LogP contribution in [0.15, 0.2) is 30.5 Å². The van der Waals surface area contributed by atoms with Crippen molar-refractivity contribution in [1.82, 2.24) is 9.88 Å². The van der Waals surface area contributed by atoms with Gasteiger partial charge in [0.15, 0.2) is 0 Å². The van der Waals surface area contributed by atoms with Gasteiger partial charge in [0.2, 0.25) is 0 Å². The van der Waals surface area contributed by atoms with Crippen molar-refractivity contribution in [2.75, 3.05) is 36.8 Å². The Kier molecular flexibility index (Phi) is 3.19. The van der Waals surface area contributed by atoms with E-state index in [1.807, 2.05) is 12.3 Å². The van der Waals surface area contributed by atoms with E-state index in [9.17, 15) is 0 Å². The van der Waals surface area contributed by atoms with E-state index in [1.165, 1.54) is 38.0 Å². The molecule has 0 amide bonds. The highest BCUT2D eigenvalue weighted by molar-refractivity contribution is 5.97. The Labute approximate surface area is 125 Å². The Hall–Kier alpha value is -1.81. The van der Waals surface area contributed by atoms with Crippen LogP contribution >= 0.6 is 0 Å². The molecule has 110 valence electrons. The summed E-state index contributed by atoms with van der Waals surface area (Å²) in [5, 5.41) is 1.07. The second-order valence-corrected chi connectivity index (χ2v) is 6.20. The third-order valence-corrected chi connectivity index (χ3v) is 4.96. The highest BCUT2D eigenvalue weighted by Crippen LogP contribution is 2.33. The molecule has 1 aromatic heterocycles. The Morgan fingerprint density at radius 1 is 1.10 bits per heavy atom. The van der Waals surface area contributed by atoms with Gasteiger partial charge in [0, 0.05) is 30.7 Å². The number of rotatable bonds is 2. The van der Waals surface area contributed by atoms with Crippen molar-refractivity contribution in [3.05, 3.63) is 30.5 Å². The molecule has 1 unspecified atom stereocenters. The second-order valence-electron chi connectivity index (χ2n) is 6.20. The van der Waals surface area contributed by atoms with Crippen LogP contribution in [0.1, 0.15) is 19.3 Å². The molecule has 0 bridgehead atoms.